The van der Waals surface area contributed by atoms with E-state index in [4.69, 9.17) is 23.7 Å². The van der Waals surface area contributed by atoms with E-state index in [1.165, 1.54) is 6.07 Å². The highest BCUT2D eigenvalue weighted by Crippen LogP contribution is 2.24. The predicted octanol–water partition coefficient (Wildman–Crippen LogP) is 1.55. The highest BCUT2D eigenvalue weighted by Gasteiger charge is 2.28. The van der Waals surface area contributed by atoms with Gasteiger partial charge < -0.3 is 11.5 Å². The van der Waals surface area contributed by atoms with Crippen LogP contribution in [0.15, 0.2) is 18.2 Å². The van der Waals surface area contributed by atoms with Crippen molar-refractivity contribution in [3.8, 4) is 0 Å². The fourth-order valence-electron chi connectivity index (χ4n) is 2.68. The number of rotatable bonds is 4. The number of likely N-dealkylation sites (tertiary alicyclic amines) is 1. The zero-order valence-corrected chi connectivity index (χ0v) is 12.8. The Bertz CT molecular complexity index is 564. The number of carbonyl (C=O) groups excluding carboxylic acids is 1. The van der Waals surface area contributed by atoms with Crippen LogP contribution in [-0.2, 0) is 11.3 Å². The number of piperidine rings is 1. The van der Waals surface area contributed by atoms with Crippen LogP contribution in [0.3, 0.4) is 0 Å². The second-order valence-corrected chi connectivity index (χ2v) is 6.07. The Morgan fingerprint density at radius 2 is 2.14 bits per heavy atom. The molecule has 2 rings (SSSR count). The summed E-state index contributed by atoms with van der Waals surface area (Å²) in [5.41, 5.74) is 12.0. The number of hydrogen-bond acceptors (Lipinski definition) is 3. The lowest BCUT2D eigenvalue weighted by molar-refractivity contribution is -0.124. The zero-order valence-electron chi connectivity index (χ0n) is 12.0. The van der Waals surface area contributed by atoms with Crippen LogP contribution < -0.4 is 11.5 Å². The molecule has 0 spiro atoms. The van der Waals surface area contributed by atoms with Crippen molar-refractivity contribution in [1.82, 2.24) is 4.90 Å². The lowest BCUT2D eigenvalue weighted by Crippen LogP contribution is -2.45. The van der Waals surface area contributed by atoms with E-state index in [9.17, 15) is 9.18 Å². The van der Waals surface area contributed by atoms with Crippen molar-refractivity contribution in [2.75, 3.05) is 6.54 Å². The summed E-state index contributed by atoms with van der Waals surface area (Å²) in [5.74, 6) is -0.759. The standard InChI is InChI=1S/C15H20FN3OS/c1-9-2-3-12(14(17)20)8-19(9)7-11-5-4-10(15(18)21)6-13(11)16/h4-6,9,12H,2-3,7-8H2,1H3,(H2,17,20)(H2,18,21). The fraction of sp³-hybridized carbons (Fsp3) is 0.467. The van der Waals surface area contributed by atoms with Crippen LogP contribution in [0.1, 0.15) is 30.9 Å². The minimum atomic E-state index is -0.325. The van der Waals surface area contributed by atoms with Gasteiger partial charge in [0.1, 0.15) is 10.8 Å². The molecule has 0 saturated carbocycles. The van der Waals surface area contributed by atoms with Gasteiger partial charge in [0, 0.05) is 30.3 Å². The Labute approximate surface area is 129 Å². The van der Waals surface area contributed by atoms with E-state index >= 15 is 0 Å². The predicted molar refractivity (Wildman–Crippen MR) is 84.1 cm³/mol. The molecule has 0 bridgehead atoms. The molecule has 21 heavy (non-hydrogen) atoms. The van der Waals surface area contributed by atoms with Gasteiger partial charge in [-0.1, -0.05) is 24.4 Å². The summed E-state index contributed by atoms with van der Waals surface area (Å²) >= 11 is 4.84. The highest BCUT2D eigenvalue weighted by molar-refractivity contribution is 7.80. The molecule has 6 heteroatoms. The molecule has 0 aromatic heterocycles. The number of hydrogen-bond donors (Lipinski definition) is 2. The molecular formula is C15H20FN3OS. The molecule has 1 aromatic carbocycles. The number of carbonyl (C=O) groups is 1. The number of nitrogens with zero attached hydrogens (tertiary/aromatic N) is 1. The summed E-state index contributed by atoms with van der Waals surface area (Å²) in [6.07, 6.45) is 1.69. The normalized spacial score (nSPS) is 23.0. The van der Waals surface area contributed by atoms with E-state index in [0.717, 1.165) is 12.8 Å². The molecule has 4 nitrogen and oxygen atoms in total. The number of amides is 1. The van der Waals surface area contributed by atoms with Crippen LogP contribution in [0, 0.1) is 11.7 Å². The minimum Gasteiger partial charge on any atom is -0.389 e. The van der Waals surface area contributed by atoms with Crippen molar-refractivity contribution >= 4 is 23.1 Å². The van der Waals surface area contributed by atoms with Crippen molar-refractivity contribution in [1.29, 1.82) is 0 Å². The van der Waals surface area contributed by atoms with E-state index in [1.807, 2.05) is 0 Å². The molecule has 2 atom stereocenters. The first kappa shape index (κ1) is 15.9. The SMILES string of the molecule is CC1CCC(C(N)=O)CN1Cc1ccc(C(N)=S)cc1F. The quantitative estimate of drug-likeness (QED) is 0.828. The Morgan fingerprint density at radius 1 is 1.43 bits per heavy atom. The third-order valence-electron chi connectivity index (χ3n) is 4.12. The number of benzene rings is 1. The first-order chi connectivity index (χ1) is 9.88. The Balaban J connectivity index is 2.12. The topological polar surface area (TPSA) is 72.4 Å². The van der Waals surface area contributed by atoms with Gasteiger partial charge in [-0.3, -0.25) is 9.69 Å². The molecule has 1 fully saturated rings. The Morgan fingerprint density at radius 3 is 2.71 bits per heavy atom. The van der Waals surface area contributed by atoms with E-state index in [-0.39, 0.29) is 22.6 Å². The molecule has 1 saturated heterocycles. The minimum absolute atomic E-state index is 0.153. The molecular weight excluding hydrogens is 289 g/mol. The molecule has 1 aromatic rings. The molecule has 4 N–H and O–H groups in total. The van der Waals surface area contributed by atoms with Crippen molar-refractivity contribution in [2.45, 2.75) is 32.4 Å². The van der Waals surface area contributed by atoms with E-state index in [1.54, 1.807) is 12.1 Å². The third kappa shape index (κ3) is 3.77. The average molecular weight is 309 g/mol. The maximum absolute atomic E-state index is 14.1. The monoisotopic (exact) mass is 309 g/mol. The molecule has 1 amide bonds. The smallest absolute Gasteiger partial charge is 0.221 e. The maximum atomic E-state index is 14.1. The molecule has 114 valence electrons. The summed E-state index contributed by atoms with van der Waals surface area (Å²) in [4.78, 5) is 13.6. The Hall–Kier alpha value is -1.53. The molecule has 0 radical (unpaired) electrons. The molecule has 2 unspecified atom stereocenters. The number of nitrogens with two attached hydrogens (primary N) is 2. The lowest BCUT2D eigenvalue weighted by Gasteiger charge is -2.36. The average Bonchev–Trinajstić information content (AvgIpc) is 2.42. The van der Waals surface area contributed by atoms with Crippen molar-refractivity contribution in [3.05, 3.63) is 35.1 Å². The van der Waals surface area contributed by atoms with Crippen molar-refractivity contribution in [3.63, 3.8) is 0 Å². The van der Waals surface area contributed by atoms with Gasteiger partial charge in [0.25, 0.3) is 0 Å². The van der Waals surface area contributed by atoms with Crippen molar-refractivity contribution in [2.24, 2.45) is 17.4 Å². The third-order valence-corrected chi connectivity index (χ3v) is 4.36. The van der Waals surface area contributed by atoms with Crippen LogP contribution in [0.2, 0.25) is 0 Å². The maximum Gasteiger partial charge on any atom is 0.221 e. The number of halogens is 1. The molecule has 1 heterocycles. The lowest BCUT2D eigenvalue weighted by atomic mass is 9.92. The van der Waals surface area contributed by atoms with Crippen LogP contribution in [-0.4, -0.2) is 28.4 Å². The van der Waals surface area contributed by atoms with Crippen LogP contribution >= 0.6 is 12.2 Å². The summed E-state index contributed by atoms with van der Waals surface area (Å²) in [6.45, 7) is 3.11. The van der Waals surface area contributed by atoms with Gasteiger partial charge in [-0.15, -0.1) is 0 Å². The van der Waals surface area contributed by atoms with Gasteiger partial charge >= 0.3 is 0 Å². The first-order valence-electron chi connectivity index (χ1n) is 7.00. The van der Waals surface area contributed by atoms with E-state index in [2.05, 4.69) is 11.8 Å². The number of primary amides is 1. The largest absolute Gasteiger partial charge is 0.389 e. The van der Waals surface area contributed by atoms with Gasteiger partial charge in [-0.2, -0.15) is 0 Å². The summed E-state index contributed by atoms with van der Waals surface area (Å²) in [5, 5.41) is 0. The summed E-state index contributed by atoms with van der Waals surface area (Å²) < 4.78 is 14.1. The fourth-order valence-corrected chi connectivity index (χ4v) is 2.81. The van der Waals surface area contributed by atoms with E-state index < -0.39 is 0 Å². The van der Waals surface area contributed by atoms with Gasteiger partial charge in [0.15, 0.2) is 0 Å². The molecule has 1 aliphatic heterocycles. The van der Waals surface area contributed by atoms with Crippen LogP contribution in [0.5, 0.6) is 0 Å². The first-order valence-corrected chi connectivity index (χ1v) is 7.41. The van der Waals surface area contributed by atoms with Gasteiger partial charge in [0.05, 0.1) is 5.92 Å². The van der Waals surface area contributed by atoms with Gasteiger partial charge in [-0.25, -0.2) is 4.39 Å². The highest BCUT2D eigenvalue weighted by atomic mass is 32.1. The second-order valence-electron chi connectivity index (χ2n) is 5.63. The summed E-state index contributed by atoms with van der Waals surface area (Å²) in [7, 11) is 0. The van der Waals surface area contributed by atoms with Gasteiger partial charge in [0.2, 0.25) is 5.91 Å². The molecule has 1 aliphatic rings. The second kappa shape index (κ2) is 6.49. The van der Waals surface area contributed by atoms with E-state index in [0.29, 0.717) is 30.3 Å². The van der Waals surface area contributed by atoms with Crippen LogP contribution in [0.25, 0.3) is 0 Å². The number of thiocarbonyl (C=S) groups is 1. The molecule has 0 aliphatic carbocycles. The zero-order chi connectivity index (χ0) is 15.6. The van der Waals surface area contributed by atoms with Gasteiger partial charge in [-0.05, 0) is 25.8 Å². The summed E-state index contributed by atoms with van der Waals surface area (Å²) in [6, 6.07) is 5.08. The van der Waals surface area contributed by atoms with Crippen LogP contribution in [0.4, 0.5) is 4.39 Å². The van der Waals surface area contributed by atoms with Crippen molar-refractivity contribution < 1.29 is 9.18 Å². The Kier molecular flexibility index (Phi) is 4.90.